The van der Waals surface area contributed by atoms with Gasteiger partial charge in [0.1, 0.15) is 0 Å². The highest BCUT2D eigenvalue weighted by molar-refractivity contribution is 6.42. The van der Waals surface area contributed by atoms with Crippen LogP contribution in [0.3, 0.4) is 0 Å². The van der Waals surface area contributed by atoms with Crippen molar-refractivity contribution in [2.24, 2.45) is 5.41 Å². The van der Waals surface area contributed by atoms with Crippen LogP contribution in [0.1, 0.15) is 46.6 Å². The summed E-state index contributed by atoms with van der Waals surface area (Å²) >= 11 is 12.3. The third-order valence-electron chi connectivity index (χ3n) is 3.16. The molecule has 108 valence electrons. The molecule has 1 aromatic carbocycles. The smallest absolute Gasteiger partial charge is 0.0624 e. The van der Waals surface area contributed by atoms with Crippen molar-refractivity contribution >= 4 is 23.2 Å². The number of hydrogen-bond acceptors (Lipinski definition) is 1. The van der Waals surface area contributed by atoms with Crippen LogP contribution in [0.25, 0.3) is 0 Å². The van der Waals surface area contributed by atoms with Crippen LogP contribution in [-0.4, -0.2) is 12.1 Å². The summed E-state index contributed by atoms with van der Waals surface area (Å²) in [6.45, 7) is 12.1. The number of benzene rings is 1. The fourth-order valence-electron chi connectivity index (χ4n) is 2.06. The second kappa shape index (κ2) is 6.47. The van der Waals surface area contributed by atoms with E-state index in [1.165, 1.54) is 0 Å². The van der Waals surface area contributed by atoms with Crippen LogP contribution < -0.4 is 5.32 Å². The van der Waals surface area contributed by atoms with Gasteiger partial charge in [0.05, 0.1) is 10.0 Å². The molecule has 0 unspecified atom stereocenters. The molecule has 19 heavy (non-hydrogen) atoms. The summed E-state index contributed by atoms with van der Waals surface area (Å²) in [5.41, 5.74) is 1.51. The molecule has 0 heterocycles. The van der Waals surface area contributed by atoms with Gasteiger partial charge in [0.2, 0.25) is 0 Å². The van der Waals surface area contributed by atoms with E-state index in [1.54, 1.807) is 0 Å². The summed E-state index contributed by atoms with van der Waals surface area (Å²) in [5.74, 6) is 0. The number of nitrogens with one attached hydrogen (secondary N) is 1. The molecule has 0 spiro atoms. The summed E-state index contributed by atoms with van der Waals surface area (Å²) in [7, 11) is 0. The Morgan fingerprint density at radius 2 is 1.68 bits per heavy atom. The van der Waals surface area contributed by atoms with Gasteiger partial charge in [-0.3, -0.25) is 0 Å². The number of rotatable bonds is 5. The second-order valence-corrected chi connectivity index (χ2v) is 7.77. The Labute approximate surface area is 127 Å². The van der Waals surface area contributed by atoms with Gasteiger partial charge in [0.25, 0.3) is 0 Å². The zero-order valence-corrected chi connectivity index (χ0v) is 14.1. The maximum Gasteiger partial charge on any atom is 0.0624 e. The van der Waals surface area contributed by atoms with E-state index >= 15 is 0 Å². The minimum absolute atomic E-state index is 0.170. The SMILES string of the molecule is CC(C)(CCNC(C)(C)C)Cc1cccc(Cl)c1Cl. The molecule has 1 aromatic rings. The van der Waals surface area contributed by atoms with Crippen LogP contribution in [0, 0.1) is 5.41 Å². The monoisotopic (exact) mass is 301 g/mol. The average Bonchev–Trinajstić information content (AvgIpc) is 2.22. The lowest BCUT2D eigenvalue weighted by Crippen LogP contribution is -2.38. The highest BCUT2D eigenvalue weighted by Crippen LogP contribution is 2.32. The summed E-state index contributed by atoms with van der Waals surface area (Å²) in [5, 5.41) is 4.87. The molecule has 0 atom stereocenters. The second-order valence-electron chi connectivity index (χ2n) is 6.98. The Bertz CT molecular complexity index is 419. The number of halogens is 2. The molecular formula is C16H25Cl2N. The molecule has 0 aromatic heterocycles. The van der Waals surface area contributed by atoms with Crippen molar-refractivity contribution in [3.63, 3.8) is 0 Å². The van der Waals surface area contributed by atoms with Gasteiger partial charge < -0.3 is 5.32 Å². The summed E-state index contributed by atoms with van der Waals surface area (Å²) in [4.78, 5) is 0. The highest BCUT2D eigenvalue weighted by atomic mass is 35.5. The topological polar surface area (TPSA) is 12.0 Å². The van der Waals surface area contributed by atoms with Crippen molar-refractivity contribution < 1.29 is 0 Å². The first kappa shape index (κ1) is 16.8. The van der Waals surface area contributed by atoms with Crippen LogP contribution in [0.15, 0.2) is 18.2 Å². The van der Waals surface area contributed by atoms with E-state index in [4.69, 9.17) is 23.2 Å². The quantitative estimate of drug-likeness (QED) is 0.774. The Balaban J connectivity index is 2.61. The first-order valence-electron chi connectivity index (χ1n) is 6.79. The van der Waals surface area contributed by atoms with E-state index in [0.29, 0.717) is 10.0 Å². The Morgan fingerprint density at radius 3 is 2.26 bits per heavy atom. The molecule has 1 N–H and O–H groups in total. The molecule has 0 aliphatic rings. The van der Waals surface area contributed by atoms with E-state index in [2.05, 4.69) is 46.0 Å². The Hall–Kier alpha value is -0.240. The maximum atomic E-state index is 6.26. The van der Waals surface area contributed by atoms with Gasteiger partial charge in [-0.1, -0.05) is 49.2 Å². The van der Waals surface area contributed by atoms with E-state index in [0.717, 1.165) is 24.9 Å². The van der Waals surface area contributed by atoms with E-state index in [-0.39, 0.29) is 11.0 Å². The fourth-order valence-corrected chi connectivity index (χ4v) is 2.45. The van der Waals surface area contributed by atoms with Gasteiger partial charge in [0.15, 0.2) is 0 Å². The van der Waals surface area contributed by atoms with E-state index in [9.17, 15) is 0 Å². The standard InChI is InChI=1S/C16H25Cl2N/c1-15(2,3)19-10-9-16(4,5)11-12-7-6-8-13(17)14(12)18/h6-8,19H,9-11H2,1-5H3. The van der Waals surface area contributed by atoms with Gasteiger partial charge in [0, 0.05) is 5.54 Å². The first-order chi connectivity index (χ1) is 8.61. The lowest BCUT2D eigenvalue weighted by Gasteiger charge is -2.28. The third kappa shape index (κ3) is 6.16. The van der Waals surface area contributed by atoms with Crippen LogP contribution in [0.4, 0.5) is 0 Å². The molecular weight excluding hydrogens is 277 g/mol. The Morgan fingerprint density at radius 1 is 1.05 bits per heavy atom. The number of hydrogen-bond donors (Lipinski definition) is 1. The highest BCUT2D eigenvalue weighted by Gasteiger charge is 2.21. The summed E-state index contributed by atoms with van der Waals surface area (Å²) in [6, 6.07) is 5.86. The Kier molecular flexibility index (Phi) is 5.73. The van der Waals surface area contributed by atoms with Crippen molar-refractivity contribution in [3.05, 3.63) is 33.8 Å². The molecule has 1 nitrogen and oxygen atoms in total. The van der Waals surface area contributed by atoms with Gasteiger partial charge >= 0.3 is 0 Å². The van der Waals surface area contributed by atoms with E-state index in [1.807, 2.05) is 12.1 Å². The lowest BCUT2D eigenvalue weighted by molar-refractivity contribution is 0.302. The molecule has 0 radical (unpaired) electrons. The van der Waals surface area contributed by atoms with E-state index < -0.39 is 0 Å². The largest absolute Gasteiger partial charge is 0.312 e. The van der Waals surface area contributed by atoms with Gasteiger partial charge in [-0.15, -0.1) is 0 Å². The molecule has 0 saturated carbocycles. The summed E-state index contributed by atoms with van der Waals surface area (Å²) in [6.07, 6.45) is 2.05. The zero-order chi connectivity index (χ0) is 14.7. The normalized spacial score (nSPS) is 12.8. The molecule has 0 amide bonds. The molecule has 0 fully saturated rings. The molecule has 0 aliphatic carbocycles. The van der Waals surface area contributed by atoms with Crippen molar-refractivity contribution in [1.82, 2.24) is 5.32 Å². The van der Waals surface area contributed by atoms with Crippen molar-refractivity contribution in [2.45, 2.75) is 53.0 Å². The first-order valence-corrected chi connectivity index (χ1v) is 7.54. The van der Waals surface area contributed by atoms with Crippen LogP contribution in [0.5, 0.6) is 0 Å². The van der Waals surface area contributed by atoms with Gasteiger partial charge in [-0.05, 0) is 57.2 Å². The molecule has 3 heteroatoms. The minimum Gasteiger partial charge on any atom is -0.312 e. The van der Waals surface area contributed by atoms with Crippen LogP contribution >= 0.6 is 23.2 Å². The molecule has 0 aliphatic heterocycles. The van der Waals surface area contributed by atoms with Crippen LogP contribution in [-0.2, 0) is 6.42 Å². The lowest BCUT2D eigenvalue weighted by atomic mass is 9.82. The van der Waals surface area contributed by atoms with Crippen molar-refractivity contribution in [2.75, 3.05) is 6.54 Å². The third-order valence-corrected chi connectivity index (χ3v) is 4.02. The maximum absolute atomic E-state index is 6.26. The molecule has 1 rings (SSSR count). The predicted octanol–water partition coefficient (Wildman–Crippen LogP) is 5.34. The predicted molar refractivity (Wildman–Crippen MR) is 86.3 cm³/mol. The fraction of sp³-hybridized carbons (Fsp3) is 0.625. The molecule has 0 saturated heterocycles. The average molecular weight is 302 g/mol. The summed E-state index contributed by atoms with van der Waals surface area (Å²) < 4.78 is 0. The molecule has 0 bridgehead atoms. The van der Waals surface area contributed by atoms with Crippen LogP contribution in [0.2, 0.25) is 10.0 Å². The van der Waals surface area contributed by atoms with Gasteiger partial charge in [-0.25, -0.2) is 0 Å². The van der Waals surface area contributed by atoms with Crippen molar-refractivity contribution in [1.29, 1.82) is 0 Å². The van der Waals surface area contributed by atoms with Gasteiger partial charge in [-0.2, -0.15) is 0 Å². The minimum atomic E-state index is 0.170. The van der Waals surface area contributed by atoms with Crippen molar-refractivity contribution in [3.8, 4) is 0 Å². The zero-order valence-electron chi connectivity index (χ0n) is 12.6.